The van der Waals surface area contributed by atoms with Gasteiger partial charge >= 0.3 is 0 Å². The van der Waals surface area contributed by atoms with Crippen LogP contribution < -0.4 is 10.6 Å². The molecule has 1 saturated carbocycles. The van der Waals surface area contributed by atoms with Gasteiger partial charge in [-0.05, 0) is 38.9 Å². The number of rotatable bonds is 3. The molecule has 0 spiro atoms. The van der Waals surface area contributed by atoms with Gasteiger partial charge in [0, 0.05) is 12.6 Å². The van der Waals surface area contributed by atoms with Gasteiger partial charge in [0.15, 0.2) is 5.11 Å². The van der Waals surface area contributed by atoms with Gasteiger partial charge in [-0.15, -0.1) is 0 Å². The maximum absolute atomic E-state index is 5.36. The van der Waals surface area contributed by atoms with E-state index in [-0.39, 0.29) is 0 Å². The van der Waals surface area contributed by atoms with Gasteiger partial charge in [-0.3, -0.25) is 4.68 Å². The predicted molar refractivity (Wildman–Crippen MR) is 78.9 cm³/mol. The van der Waals surface area contributed by atoms with Gasteiger partial charge in [-0.25, -0.2) is 0 Å². The highest BCUT2D eigenvalue weighted by atomic mass is 32.1. The van der Waals surface area contributed by atoms with Crippen molar-refractivity contribution in [1.82, 2.24) is 15.1 Å². The van der Waals surface area contributed by atoms with E-state index in [2.05, 4.69) is 29.6 Å². The average molecular weight is 266 g/mol. The number of anilines is 1. The Morgan fingerprint density at radius 2 is 2.17 bits per heavy atom. The normalized spacial score (nSPS) is 16.6. The van der Waals surface area contributed by atoms with Crippen LogP contribution in [0.25, 0.3) is 0 Å². The topological polar surface area (TPSA) is 41.9 Å². The third-order valence-electron chi connectivity index (χ3n) is 3.59. The zero-order chi connectivity index (χ0) is 13.0. The van der Waals surface area contributed by atoms with E-state index in [1.54, 1.807) is 0 Å². The summed E-state index contributed by atoms with van der Waals surface area (Å²) in [6.07, 6.45) is 8.29. The molecule has 2 rings (SSSR count). The Labute approximate surface area is 114 Å². The molecule has 100 valence electrons. The highest BCUT2D eigenvalue weighted by Gasteiger charge is 2.14. The smallest absolute Gasteiger partial charge is 0.171 e. The molecule has 1 aromatic heterocycles. The minimum absolute atomic E-state index is 0.542. The van der Waals surface area contributed by atoms with Crippen molar-refractivity contribution in [1.29, 1.82) is 0 Å². The van der Waals surface area contributed by atoms with Crippen molar-refractivity contribution in [2.75, 3.05) is 5.32 Å². The molecule has 0 atom stereocenters. The average Bonchev–Trinajstić information content (AvgIpc) is 2.71. The summed E-state index contributed by atoms with van der Waals surface area (Å²) in [5.74, 6) is 0. The van der Waals surface area contributed by atoms with Crippen molar-refractivity contribution in [2.24, 2.45) is 0 Å². The van der Waals surface area contributed by atoms with Gasteiger partial charge in [0.1, 0.15) is 0 Å². The number of nitrogens with zero attached hydrogens (tertiary/aromatic N) is 2. The van der Waals surface area contributed by atoms with Crippen molar-refractivity contribution >= 4 is 23.0 Å². The standard InChI is InChI=1S/C13H22N4S/c1-3-17-10(2)12(9-14-17)16-13(18)15-11-7-5-4-6-8-11/h9,11H,3-8H2,1-2H3,(H2,15,16,18). The van der Waals surface area contributed by atoms with E-state index in [0.29, 0.717) is 6.04 Å². The van der Waals surface area contributed by atoms with E-state index in [1.165, 1.54) is 32.1 Å². The fourth-order valence-corrected chi connectivity index (χ4v) is 2.76. The Kier molecular flexibility index (Phi) is 4.58. The highest BCUT2D eigenvalue weighted by molar-refractivity contribution is 7.80. The number of thiocarbonyl (C=S) groups is 1. The lowest BCUT2D eigenvalue weighted by atomic mass is 9.96. The molecule has 4 nitrogen and oxygen atoms in total. The number of aryl methyl sites for hydroxylation is 1. The second-order valence-electron chi connectivity index (χ2n) is 4.89. The second kappa shape index (κ2) is 6.18. The Bertz CT molecular complexity index is 407. The molecule has 0 amide bonds. The molecule has 1 heterocycles. The lowest BCUT2D eigenvalue weighted by Gasteiger charge is -2.24. The summed E-state index contributed by atoms with van der Waals surface area (Å²) >= 11 is 5.36. The molecule has 1 aliphatic rings. The molecule has 0 unspecified atom stereocenters. The zero-order valence-electron chi connectivity index (χ0n) is 11.2. The van der Waals surface area contributed by atoms with E-state index in [4.69, 9.17) is 12.2 Å². The third kappa shape index (κ3) is 3.22. The first-order chi connectivity index (χ1) is 8.70. The number of hydrogen-bond donors (Lipinski definition) is 2. The van der Waals surface area contributed by atoms with Crippen LogP contribution >= 0.6 is 12.2 Å². The summed E-state index contributed by atoms with van der Waals surface area (Å²) in [5, 5.41) is 11.7. The summed E-state index contributed by atoms with van der Waals surface area (Å²) < 4.78 is 1.96. The van der Waals surface area contributed by atoms with Crippen LogP contribution in [-0.4, -0.2) is 20.9 Å². The van der Waals surface area contributed by atoms with Crippen LogP contribution in [0.5, 0.6) is 0 Å². The van der Waals surface area contributed by atoms with E-state index < -0.39 is 0 Å². The van der Waals surface area contributed by atoms with Gasteiger partial charge < -0.3 is 10.6 Å². The van der Waals surface area contributed by atoms with Gasteiger partial charge in [0.25, 0.3) is 0 Å². The number of nitrogens with one attached hydrogen (secondary N) is 2. The van der Waals surface area contributed by atoms with Crippen molar-refractivity contribution < 1.29 is 0 Å². The zero-order valence-corrected chi connectivity index (χ0v) is 12.0. The molecule has 0 saturated heterocycles. The van der Waals surface area contributed by atoms with Crippen LogP contribution in [0.4, 0.5) is 5.69 Å². The molecule has 2 N–H and O–H groups in total. The van der Waals surface area contributed by atoms with Crippen LogP contribution in [-0.2, 0) is 6.54 Å². The molecule has 0 aliphatic heterocycles. The first-order valence-corrected chi connectivity index (χ1v) is 7.21. The fraction of sp³-hybridized carbons (Fsp3) is 0.692. The Morgan fingerprint density at radius 3 is 2.78 bits per heavy atom. The first-order valence-electron chi connectivity index (χ1n) is 6.80. The molecular weight excluding hydrogens is 244 g/mol. The molecule has 0 radical (unpaired) electrons. The van der Waals surface area contributed by atoms with E-state index in [9.17, 15) is 0 Å². The molecule has 1 aromatic rings. The summed E-state index contributed by atoms with van der Waals surface area (Å²) in [6.45, 7) is 5.03. The van der Waals surface area contributed by atoms with E-state index in [0.717, 1.165) is 23.0 Å². The molecule has 0 aromatic carbocycles. The number of aromatic nitrogens is 2. The number of hydrogen-bond acceptors (Lipinski definition) is 2. The molecule has 1 aliphatic carbocycles. The predicted octanol–water partition coefficient (Wildman–Crippen LogP) is 2.83. The van der Waals surface area contributed by atoms with Crippen molar-refractivity contribution in [3.05, 3.63) is 11.9 Å². The molecule has 5 heteroatoms. The Hall–Kier alpha value is -1.10. The van der Waals surface area contributed by atoms with Crippen LogP contribution in [0, 0.1) is 6.92 Å². The minimum Gasteiger partial charge on any atom is -0.360 e. The van der Waals surface area contributed by atoms with E-state index >= 15 is 0 Å². The minimum atomic E-state index is 0.542. The SMILES string of the molecule is CCn1ncc(NC(=S)NC2CCCCC2)c1C. The maximum atomic E-state index is 5.36. The molecular formula is C13H22N4S. The van der Waals surface area contributed by atoms with Gasteiger partial charge in [0.2, 0.25) is 0 Å². The largest absolute Gasteiger partial charge is 0.360 e. The molecule has 18 heavy (non-hydrogen) atoms. The molecule has 1 fully saturated rings. The summed E-state index contributed by atoms with van der Waals surface area (Å²) in [5.41, 5.74) is 2.13. The lowest BCUT2D eigenvalue weighted by Crippen LogP contribution is -2.38. The molecule has 0 bridgehead atoms. The van der Waals surface area contributed by atoms with Crippen molar-refractivity contribution in [3.8, 4) is 0 Å². The summed E-state index contributed by atoms with van der Waals surface area (Å²) in [6, 6.07) is 0.542. The maximum Gasteiger partial charge on any atom is 0.171 e. The van der Waals surface area contributed by atoms with Gasteiger partial charge in [-0.1, -0.05) is 19.3 Å². The highest BCUT2D eigenvalue weighted by Crippen LogP contribution is 2.18. The van der Waals surface area contributed by atoms with Crippen LogP contribution in [0.15, 0.2) is 6.20 Å². The van der Waals surface area contributed by atoms with Crippen LogP contribution in [0.2, 0.25) is 0 Å². The van der Waals surface area contributed by atoms with Gasteiger partial charge in [-0.2, -0.15) is 5.10 Å². The van der Waals surface area contributed by atoms with Crippen molar-refractivity contribution in [2.45, 2.75) is 58.5 Å². The van der Waals surface area contributed by atoms with Crippen molar-refractivity contribution in [3.63, 3.8) is 0 Å². The Morgan fingerprint density at radius 1 is 1.44 bits per heavy atom. The van der Waals surface area contributed by atoms with Crippen LogP contribution in [0.3, 0.4) is 0 Å². The fourth-order valence-electron chi connectivity index (χ4n) is 2.48. The quantitative estimate of drug-likeness (QED) is 0.826. The van der Waals surface area contributed by atoms with E-state index in [1.807, 2.05) is 10.9 Å². The summed E-state index contributed by atoms with van der Waals surface area (Å²) in [7, 11) is 0. The lowest BCUT2D eigenvalue weighted by molar-refractivity contribution is 0.415. The second-order valence-corrected chi connectivity index (χ2v) is 5.30. The summed E-state index contributed by atoms with van der Waals surface area (Å²) in [4.78, 5) is 0. The third-order valence-corrected chi connectivity index (χ3v) is 3.81. The van der Waals surface area contributed by atoms with Gasteiger partial charge in [0.05, 0.1) is 17.6 Å². The monoisotopic (exact) mass is 266 g/mol. The Balaban J connectivity index is 1.88. The first kappa shape index (κ1) is 13.3. The van der Waals surface area contributed by atoms with Crippen LogP contribution in [0.1, 0.15) is 44.7 Å².